The molecule has 0 aliphatic rings. The zero-order valence-electron chi connectivity index (χ0n) is 48.3. The second-order valence-corrected chi connectivity index (χ2v) is 21.2. The summed E-state index contributed by atoms with van der Waals surface area (Å²) in [5.74, 6) is 6.39. The average molecular weight is 1040 g/mol. The van der Waals surface area contributed by atoms with Crippen LogP contribution in [0.5, 0.6) is 11.5 Å². The molecule has 4 nitrogen and oxygen atoms in total. The van der Waals surface area contributed by atoms with E-state index in [9.17, 15) is 10.2 Å². The Morgan fingerprint density at radius 3 is 1.07 bits per heavy atom. The molecule has 0 heterocycles. The summed E-state index contributed by atoms with van der Waals surface area (Å²) in [6.45, 7) is 15.6. The van der Waals surface area contributed by atoms with Crippen LogP contribution in [0.15, 0.2) is 64.6 Å². The van der Waals surface area contributed by atoms with Crippen molar-refractivity contribution in [2.75, 3.05) is 0 Å². The van der Waals surface area contributed by atoms with Gasteiger partial charge in [-0.2, -0.15) is 0 Å². The molecule has 0 spiro atoms. The third-order valence-electron chi connectivity index (χ3n) is 14.1. The van der Waals surface area contributed by atoms with Crippen LogP contribution < -0.4 is 10.2 Å². The number of benzene rings is 3. The summed E-state index contributed by atoms with van der Waals surface area (Å²) in [6, 6.07) is 18.4. The number of hydrogen-bond acceptors (Lipinski definition) is 4. The van der Waals surface area contributed by atoms with E-state index in [1.54, 1.807) is 6.07 Å². The first-order chi connectivity index (χ1) is 35.3. The molecule has 73 heavy (non-hydrogen) atoms. The molecule has 0 bridgehead atoms. The van der Waals surface area contributed by atoms with Crippen LogP contribution >= 0.6 is 0 Å². The fraction of sp³-hybridized carbons (Fsp3) is 0.676. The van der Waals surface area contributed by atoms with Crippen molar-refractivity contribution in [3.8, 4) is 23.3 Å². The molecule has 0 radical (unpaired) electrons. The van der Waals surface area contributed by atoms with Crippen LogP contribution in [-0.2, 0) is 48.6 Å². The molecule has 0 unspecified atom stereocenters. The summed E-state index contributed by atoms with van der Waals surface area (Å²) in [4.78, 5) is 10.8. The minimum Gasteiger partial charge on any atom is -0.873 e. The summed E-state index contributed by atoms with van der Waals surface area (Å²) in [7, 11) is 0. The molecule has 0 amide bonds. The first kappa shape index (κ1) is 67.7. The number of aryl methyl sites for hydroxylation is 5. The Labute approximate surface area is 461 Å². The zero-order valence-corrected chi connectivity index (χ0v) is 49.3. The van der Waals surface area contributed by atoms with Crippen LogP contribution in [-0.4, -0.2) is 11.4 Å². The Balaban J connectivity index is 0.00000215. The molecule has 0 saturated heterocycles. The quantitative estimate of drug-likeness (QED) is 0.0246. The largest absolute Gasteiger partial charge is 2.00 e. The molecule has 0 atom stereocenters. The molecule has 0 N–H and O–H groups in total. The fourth-order valence-electron chi connectivity index (χ4n) is 9.82. The van der Waals surface area contributed by atoms with Gasteiger partial charge in [-0.25, -0.2) is 4.99 Å². The van der Waals surface area contributed by atoms with Crippen molar-refractivity contribution in [1.29, 1.82) is 0 Å². The molecule has 0 fully saturated rings. The molecular formula is C68H108N2NiO2. The first-order valence-electron chi connectivity index (χ1n) is 30.7. The number of aliphatic imine (C=N–C) groups is 2. The Morgan fingerprint density at radius 1 is 0.370 bits per heavy atom. The van der Waals surface area contributed by atoms with Crippen LogP contribution in [0.3, 0.4) is 0 Å². The van der Waals surface area contributed by atoms with E-state index in [2.05, 4.69) is 89.8 Å². The normalized spacial score (nSPS) is 11.5. The summed E-state index contributed by atoms with van der Waals surface area (Å²) in [5.41, 5.74) is 10.5. The predicted octanol–water partition coefficient (Wildman–Crippen LogP) is 20.5. The van der Waals surface area contributed by atoms with Crippen molar-refractivity contribution in [2.24, 2.45) is 9.98 Å². The molecule has 3 aromatic carbocycles. The molecule has 0 aliphatic heterocycles. The smallest absolute Gasteiger partial charge is 0.873 e. The molecule has 412 valence electrons. The summed E-state index contributed by atoms with van der Waals surface area (Å²) in [5, 5.41) is 21.3. The van der Waals surface area contributed by atoms with Crippen LogP contribution in [0.25, 0.3) is 0 Å². The van der Waals surface area contributed by atoms with Crippen LogP contribution in [0.4, 0.5) is 11.4 Å². The third kappa shape index (κ3) is 34.8. The van der Waals surface area contributed by atoms with Gasteiger partial charge in [0.15, 0.2) is 0 Å². The summed E-state index contributed by atoms with van der Waals surface area (Å²) < 4.78 is 0. The van der Waals surface area contributed by atoms with Gasteiger partial charge in [0.25, 0.3) is 0 Å². The second kappa shape index (κ2) is 47.1. The maximum Gasteiger partial charge on any atom is 2.00 e. The monoisotopic (exact) mass is 1040 g/mol. The van der Waals surface area contributed by atoms with Crippen molar-refractivity contribution < 1.29 is 26.7 Å². The van der Waals surface area contributed by atoms with E-state index in [1.165, 1.54) is 201 Å². The Morgan fingerprint density at radius 2 is 0.726 bits per heavy atom. The zero-order chi connectivity index (χ0) is 52.1. The van der Waals surface area contributed by atoms with E-state index in [0.29, 0.717) is 0 Å². The number of hydrogen-bond donors (Lipinski definition) is 0. The molecular weight excluding hydrogens is 935 g/mol. The standard InChI is InChI=1S/C60H100N2.C8H10O2.Ni/c1-7-13-15-16-17-18-19-20-21-22-23-24-25-26-27-28-29-30-31-32-33-34-35-36-37-38-39-40-46-60(62-58-51-55(43-11-5)48-56(52-58)44-12-6)59(45-14-8-2)61-57-49-53(41-9-3)47-54(50-57)42-10-4;1-2-6-3-4-7(9)8(10)5-6;/h47-52H,7-39,41-45H2,1-6H3;3-5,9-10H,2H2,1H3;/q;;+2/p-2. The molecule has 3 rings (SSSR count). The Hall–Kier alpha value is -3.35. The van der Waals surface area contributed by atoms with Gasteiger partial charge in [0, 0.05) is 6.42 Å². The maximum absolute atomic E-state index is 10.7. The van der Waals surface area contributed by atoms with Gasteiger partial charge >= 0.3 is 16.5 Å². The predicted molar refractivity (Wildman–Crippen MR) is 315 cm³/mol. The van der Waals surface area contributed by atoms with Crippen LogP contribution in [0.2, 0.25) is 0 Å². The first-order valence-corrected chi connectivity index (χ1v) is 30.7. The van der Waals surface area contributed by atoms with E-state index in [4.69, 9.17) is 9.98 Å². The summed E-state index contributed by atoms with van der Waals surface area (Å²) in [6.07, 6.45) is 50.9. The molecule has 3 aromatic rings. The maximum atomic E-state index is 10.7. The molecule has 0 saturated carbocycles. The minimum absolute atomic E-state index is 0. The van der Waals surface area contributed by atoms with Gasteiger partial charge < -0.3 is 10.2 Å². The Bertz CT molecular complexity index is 1870. The van der Waals surface area contributed by atoms with Gasteiger partial charge in [0.1, 0.15) is 5.71 Å². The molecule has 0 aromatic heterocycles. The van der Waals surface area contributed by atoms with Gasteiger partial charge in [0.05, 0.1) is 17.1 Å². The number of rotatable bonds is 41. The molecule has 0 aliphatic carbocycles. The van der Waals surface area contributed by atoms with Crippen LogP contribution in [0, 0.1) is 11.8 Å². The average Bonchev–Trinajstić information content (AvgIpc) is 3.37. The molecule has 5 heteroatoms. The van der Waals surface area contributed by atoms with E-state index in [1.807, 2.05) is 6.92 Å². The van der Waals surface area contributed by atoms with Gasteiger partial charge in [0.2, 0.25) is 0 Å². The van der Waals surface area contributed by atoms with Gasteiger partial charge in [-0.1, -0.05) is 277 Å². The van der Waals surface area contributed by atoms with E-state index < -0.39 is 11.5 Å². The van der Waals surface area contributed by atoms with Crippen molar-refractivity contribution >= 4 is 22.8 Å². The van der Waals surface area contributed by atoms with Crippen molar-refractivity contribution in [3.05, 3.63) is 82.4 Å². The van der Waals surface area contributed by atoms with Gasteiger partial charge in [-0.15, -0.1) is 11.5 Å². The van der Waals surface area contributed by atoms with Crippen molar-refractivity contribution in [3.63, 3.8) is 0 Å². The van der Waals surface area contributed by atoms with Crippen molar-refractivity contribution in [2.45, 2.75) is 299 Å². The number of nitrogens with zero attached hydrogens (tertiary/aromatic N) is 2. The van der Waals surface area contributed by atoms with Gasteiger partial charge in [-0.05, 0) is 109 Å². The third-order valence-corrected chi connectivity index (χ3v) is 14.1. The summed E-state index contributed by atoms with van der Waals surface area (Å²) >= 11 is 0. The van der Waals surface area contributed by atoms with Crippen LogP contribution in [0.1, 0.15) is 295 Å². The fourth-order valence-corrected chi connectivity index (χ4v) is 9.82. The second-order valence-electron chi connectivity index (χ2n) is 21.2. The number of unbranched alkanes of at least 4 members (excludes halogenated alkanes) is 27. The van der Waals surface area contributed by atoms with Crippen molar-refractivity contribution in [1.82, 2.24) is 0 Å². The Kier molecular flexibility index (Phi) is 43.7. The minimum atomic E-state index is -0.419. The van der Waals surface area contributed by atoms with E-state index in [0.717, 1.165) is 112 Å². The van der Waals surface area contributed by atoms with Gasteiger partial charge in [-0.3, -0.25) is 4.99 Å². The topological polar surface area (TPSA) is 70.8 Å². The SMILES string of the molecule is CCCCCCCCCCCCCCCCCCCCCCCCCCCCC#CC(=Nc1cc(CCC)cc(CCC)c1)C(CCCC)=Nc1cc(CCC)cc(CCC)c1.CCc1ccc([O-])c([O-])c1.[Ni+2]. The van der Waals surface area contributed by atoms with E-state index in [-0.39, 0.29) is 16.5 Å². The van der Waals surface area contributed by atoms with E-state index >= 15 is 0 Å².